The summed E-state index contributed by atoms with van der Waals surface area (Å²) in [4.78, 5) is 8.96. The van der Waals surface area contributed by atoms with E-state index >= 15 is 0 Å². The van der Waals surface area contributed by atoms with E-state index in [1.54, 1.807) is 24.4 Å². The highest BCUT2D eigenvalue weighted by Gasteiger charge is 2.13. The summed E-state index contributed by atoms with van der Waals surface area (Å²) < 4.78 is 0. The summed E-state index contributed by atoms with van der Waals surface area (Å²) in [5.41, 5.74) is 6.58. The van der Waals surface area contributed by atoms with Crippen molar-refractivity contribution >= 4 is 34.2 Å². The molecule has 0 unspecified atom stereocenters. The monoisotopic (exact) mass is 388 g/mol. The van der Waals surface area contributed by atoms with Gasteiger partial charge in [0.1, 0.15) is 5.75 Å². The lowest BCUT2D eigenvalue weighted by Gasteiger charge is -2.12. The molecule has 6 heteroatoms. The molecule has 5 nitrogen and oxygen atoms in total. The van der Waals surface area contributed by atoms with E-state index in [1.165, 1.54) is 0 Å². The number of aromatic hydroxyl groups is 1. The minimum atomic E-state index is 0.171. The first kappa shape index (κ1) is 17.9. The summed E-state index contributed by atoms with van der Waals surface area (Å²) in [5.74, 6) is 0.707. The lowest BCUT2D eigenvalue weighted by atomic mass is 10.1. The molecular formula is C22H17ClN4O. The Bertz CT molecular complexity index is 1190. The van der Waals surface area contributed by atoms with Gasteiger partial charge in [0.05, 0.1) is 5.71 Å². The summed E-state index contributed by atoms with van der Waals surface area (Å²) in [7, 11) is 0. The van der Waals surface area contributed by atoms with E-state index in [0.29, 0.717) is 27.8 Å². The first-order valence-electron chi connectivity index (χ1n) is 8.73. The summed E-state index contributed by atoms with van der Waals surface area (Å²) >= 11 is 6.42. The normalized spacial score (nSPS) is 11.6. The van der Waals surface area contributed by atoms with Crippen LogP contribution in [-0.2, 0) is 0 Å². The van der Waals surface area contributed by atoms with Crippen molar-refractivity contribution in [1.29, 1.82) is 0 Å². The minimum Gasteiger partial charge on any atom is -0.507 e. The van der Waals surface area contributed by atoms with Crippen LogP contribution in [0.15, 0.2) is 78.0 Å². The quantitative estimate of drug-likeness (QED) is 0.358. The molecule has 0 aliphatic rings. The Morgan fingerprint density at radius 2 is 1.79 bits per heavy atom. The van der Waals surface area contributed by atoms with Crippen LogP contribution >= 0.6 is 11.6 Å². The molecule has 0 atom stereocenters. The van der Waals surface area contributed by atoms with Gasteiger partial charge in [0, 0.05) is 33.3 Å². The van der Waals surface area contributed by atoms with E-state index in [4.69, 9.17) is 11.6 Å². The maximum atomic E-state index is 10.0. The molecule has 0 fully saturated rings. The molecule has 4 aromatic rings. The van der Waals surface area contributed by atoms with Crippen LogP contribution in [0.1, 0.15) is 12.5 Å². The molecule has 2 aromatic heterocycles. The van der Waals surface area contributed by atoms with Gasteiger partial charge in [-0.3, -0.25) is 5.43 Å². The van der Waals surface area contributed by atoms with Crippen LogP contribution in [0.5, 0.6) is 5.75 Å². The first-order valence-corrected chi connectivity index (χ1v) is 9.10. The topological polar surface area (TPSA) is 70.4 Å². The molecule has 0 spiro atoms. The van der Waals surface area contributed by atoms with E-state index in [9.17, 15) is 5.11 Å². The average Bonchev–Trinajstić information content (AvgIpc) is 2.72. The second kappa shape index (κ2) is 7.66. The fourth-order valence-corrected chi connectivity index (χ4v) is 3.19. The number of aromatic nitrogens is 2. The Balaban J connectivity index is 1.81. The number of anilines is 1. The number of phenols is 1. The molecule has 0 saturated carbocycles. The number of nitrogens with one attached hydrogen (secondary N) is 1. The molecule has 0 aliphatic heterocycles. The van der Waals surface area contributed by atoms with Crippen LogP contribution in [0.25, 0.3) is 22.2 Å². The average molecular weight is 389 g/mol. The highest BCUT2D eigenvalue weighted by Crippen LogP contribution is 2.34. The number of benzene rings is 2. The van der Waals surface area contributed by atoms with Crippen molar-refractivity contribution in [2.45, 2.75) is 6.92 Å². The van der Waals surface area contributed by atoms with Crippen LogP contribution in [0.2, 0.25) is 5.02 Å². The standard InChI is InChI=1S/C22H17ClN4O/c1-14(16-8-3-5-11-20(16)28)26-27-22-18(17-9-2-4-10-19(17)23)13-15-7-6-12-24-21(15)25-22/h2-13,28H,1H3,(H,24,25,27)/b26-14+. The Kier molecular flexibility index (Phi) is 4.91. The number of halogens is 1. The molecule has 0 radical (unpaired) electrons. The van der Waals surface area contributed by atoms with E-state index in [-0.39, 0.29) is 5.75 Å². The largest absolute Gasteiger partial charge is 0.507 e. The van der Waals surface area contributed by atoms with Gasteiger partial charge in [-0.2, -0.15) is 5.10 Å². The molecule has 0 saturated heterocycles. The highest BCUT2D eigenvalue weighted by molar-refractivity contribution is 6.33. The van der Waals surface area contributed by atoms with Gasteiger partial charge < -0.3 is 5.11 Å². The zero-order valence-corrected chi connectivity index (χ0v) is 15.9. The van der Waals surface area contributed by atoms with Gasteiger partial charge in [-0.25, -0.2) is 9.97 Å². The second-order valence-electron chi connectivity index (χ2n) is 6.24. The highest BCUT2D eigenvalue weighted by atomic mass is 35.5. The molecule has 2 N–H and O–H groups in total. The number of pyridine rings is 2. The molecule has 28 heavy (non-hydrogen) atoms. The molecule has 2 aromatic carbocycles. The SMILES string of the molecule is C/C(=N\Nc1nc2ncccc2cc1-c1ccccc1Cl)c1ccccc1O. The van der Waals surface area contributed by atoms with Gasteiger partial charge in [0.2, 0.25) is 0 Å². The number of hydrazone groups is 1. The van der Waals surface area contributed by atoms with E-state index < -0.39 is 0 Å². The number of rotatable bonds is 4. The smallest absolute Gasteiger partial charge is 0.161 e. The van der Waals surface area contributed by atoms with Crippen molar-refractivity contribution in [2.24, 2.45) is 5.10 Å². The van der Waals surface area contributed by atoms with Crippen molar-refractivity contribution in [1.82, 2.24) is 9.97 Å². The molecule has 138 valence electrons. The van der Waals surface area contributed by atoms with Crippen molar-refractivity contribution < 1.29 is 5.11 Å². The predicted molar refractivity (Wildman–Crippen MR) is 114 cm³/mol. The Morgan fingerprint density at radius 1 is 1.00 bits per heavy atom. The number of nitrogens with zero attached hydrogens (tertiary/aromatic N) is 3. The molecule has 4 rings (SSSR count). The summed E-state index contributed by atoms with van der Waals surface area (Å²) in [6, 6.07) is 20.4. The van der Waals surface area contributed by atoms with Gasteiger partial charge in [-0.15, -0.1) is 0 Å². The zero-order chi connectivity index (χ0) is 19.5. The number of hydrogen-bond acceptors (Lipinski definition) is 5. The summed E-state index contributed by atoms with van der Waals surface area (Å²) in [5, 5.41) is 16.0. The lowest BCUT2D eigenvalue weighted by molar-refractivity contribution is 0.474. The third-order valence-electron chi connectivity index (χ3n) is 4.38. The summed E-state index contributed by atoms with van der Waals surface area (Å²) in [6.45, 7) is 1.82. The van der Waals surface area contributed by atoms with Crippen LogP contribution in [-0.4, -0.2) is 20.8 Å². The molecular weight excluding hydrogens is 372 g/mol. The molecule has 0 bridgehead atoms. The Hall–Kier alpha value is -3.44. The number of hydrogen-bond donors (Lipinski definition) is 2. The Labute approximate surface area is 167 Å². The Morgan fingerprint density at radius 3 is 2.61 bits per heavy atom. The third kappa shape index (κ3) is 3.52. The van der Waals surface area contributed by atoms with Crippen molar-refractivity contribution in [3.05, 3.63) is 83.5 Å². The van der Waals surface area contributed by atoms with Gasteiger partial charge in [0.25, 0.3) is 0 Å². The second-order valence-corrected chi connectivity index (χ2v) is 6.65. The van der Waals surface area contributed by atoms with Crippen LogP contribution in [0.3, 0.4) is 0 Å². The number of phenolic OH excluding ortho intramolecular Hbond substituents is 1. The van der Waals surface area contributed by atoms with Crippen LogP contribution in [0.4, 0.5) is 5.82 Å². The molecule has 0 aliphatic carbocycles. The third-order valence-corrected chi connectivity index (χ3v) is 4.71. The molecule has 0 amide bonds. The van der Waals surface area contributed by atoms with Crippen LogP contribution < -0.4 is 5.43 Å². The molecule has 2 heterocycles. The van der Waals surface area contributed by atoms with Crippen LogP contribution in [0, 0.1) is 0 Å². The van der Waals surface area contributed by atoms with Gasteiger partial charge in [0.15, 0.2) is 11.5 Å². The van der Waals surface area contributed by atoms with Crippen molar-refractivity contribution in [3.63, 3.8) is 0 Å². The predicted octanol–water partition coefficient (Wildman–Crippen LogP) is 5.49. The lowest BCUT2D eigenvalue weighted by Crippen LogP contribution is -2.03. The first-order chi connectivity index (χ1) is 13.6. The maximum Gasteiger partial charge on any atom is 0.161 e. The minimum absolute atomic E-state index is 0.171. The fourth-order valence-electron chi connectivity index (χ4n) is 2.95. The van der Waals surface area contributed by atoms with Crippen molar-refractivity contribution in [3.8, 4) is 16.9 Å². The fraction of sp³-hybridized carbons (Fsp3) is 0.0455. The maximum absolute atomic E-state index is 10.0. The van der Waals surface area contributed by atoms with E-state index in [1.807, 2.05) is 55.5 Å². The van der Waals surface area contributed by atoms with Gasteiger partial charge in [-0.05, 0) is 43.3 Å². The van der Waals surface area contributed by atoms with E-state index in [2.05, 4.69) is 20.5 Å². The summed E-state index contributed by atoms with van der Waals surface area (Å²) in [6.07, 6.45) is 1.70. The number of fused-ring (bicyclic) bond motifs is 1. The van der Waals surface area contributed by atoms with E-state index in [0.717, 1.165) is 16.5 Å². The van der Waals surface area contributed by atoms with Crippen molar-refractivity contribution in [2.75, 3.05) is 5.43 Å². The van der Waals surface area contributed by atoms with Gasteiger partial charge in [-0.1, -0.05) is 41.9 Å². The number of para-hydroxylation sites is 1. The van der Waals surface area contributed by atoms with Gasteiger partial charge >= 0.3 is 0 Å². The zero-order valence-electron chi connectivity index (χ0n) is 15.1.